The third kappa shape index (κ3) is 1.48. The van der Waals surface area contributed by atoms with Crippen LogP contribution in [0.25, 0.3) is 10.9 Å². The van der Waals surface area contributed by atoms with E-state index in [4.69, 9.17) is 0 Å². The van der Waals surface area contributed by atoms with Gasteiger partial charge in [-0.2, -0.15) is 0 Å². The van der Waals surface area contributed by atoms with Crippen LogP contribution in [0.1, 0.15) is 10.5 Å². The number of nitro benzene ring substituents is 1. The average molecular weight is 224 g/mol. The van der Waals surface area contributed by atoms with Gasteiger partial charge < -0.3 is 4.98 Å². The Kier molecular flexibility index (Phi) is 2.28. The molecule has 82 valence electrons. The first kappa shape index (κ1) is 10.1. The highest BCUT2D eigenvalue weighted by molar-refractivity contribution is 5.97. The quantitative estimate of drug-likeness (QED) is 0.625. The van der Waals surface area contributed by atoms with Crippen LogP contribution in [0.15, 0.2) is 24.3 Å². The second-order valence-corrected chi connectivity index (χ2v) is 3.05. The number of carbonyl (C=O) groups excluding carboxylic acids is 1. The number of hydrogen-bond acceptors (Lipinski definition) is 4. The highest BCUT2D eigenvalue weighted by atomic mass is 19.3. The predicted molar refractivity (Wildman–Crippen MR) is 51.5 cm³/mol. The van der Waals surface area contributed by atoms with Crippen LogP contribution in [-0.4, -0.2) is 15.9 Å². The van der Waals surface area contributed by atoms with Gasteiger partial charge in [0.1, 0.15) is 11.2 Å². The average Bonchev–Trinajstić information content (AvgIpc) is 2.70. The standard InChI is InChI=1S/C9H5FN2O4/c10-16-9(13)6-4-5-2-1-3-7(12(14)15)8(5)11-6/h1-4,11H. The molecule has 0 aliphatic rings. The van der Waals surface area contributed by atoms with Crippen LogP contribution in [-0.2, 0) is 4.94 Å². The molecule has 0 spiro atoms. The van der Waals surface area contributed by atoms with E-state index in [1.165, 1.54) is 18.2 Å². The van der Waals surface area contributed by atoms with Crippen molar-refractivity contribution in [1.29, 1.82) is 0 Å². The minimum Gasteiger partial charge on any atom is -0.343 e. The van der Waals surface area contributed by atoms with Gasteiger partial charge in [-0.15, -0.1) is 0 Å². The van der Waals surface area contributed by atoms with Crippen molar-refractivity contribution in [2.45, 2.75) is 0 Å². The second kappa shape index (κ2) is 3.61. The number of non-ortho nitro benzene ring substituents is 1. The van der Waals surface area contributed by atoms with Crippen LogP contribution in [0.2, 0.25) is 0 Å². The van der Waals surface area contributed by atoms with Crippen molar-refractivity contribution in [3.05, 3.63) is 40.1 Å². The zero-order valence-electron chi connectivity index (χ0n) is 7.77. The number of aromatic nitrogens is 1. The summed E-state index contributed by atoms with van der Waals surface area (Å²) in [5, 5.41) is 11.1. The van der Waals surface area contributed by atoms with Gasteiger partial charge in [-0.3, -0.25) is 10.1 Å². The third-order valence-corrected chi connectivity index (χ3v) is 2.12. The largest absolute Gasteiger partial charge is 0.395 e. The Morgan fingerprint density at radius 3 is 2.88 bits per heavy atom. The molecule has 0 aliphatic carbocycles. The van der Waals surface area contributed by atoms with E-state index in [9.17, 15) is 19.4 Å². The van der Waals surface area contributed by atoms with Crippen LogP contribution in [0.3, 0.4) is 0 Å². The number of carbonyl (C=O) groups is 1. The molecule has 0 saturated heterocycles. The fourth-order valence-electron chi connectivity index (χ4n) is 1.44. The maximum Gasteiger partial charge on any atom is 0.395 e. The summed E-state index contributed by atoms with van der Waals surface area (Å²) < 4.78 is 11.7. The summed E-state index contributed by atoms with van der Waals surface area (Å²) in [4.78, 5) is 26.4. The van der Waals surface area contributed by atoms with Gasteiger partial charge in [-0.25, -0.2) is 9.74 Å². The molecule has 0 radical (unpaired) electrons. The molecule has 0 unspecified atom stereocenters. The van der Waals surface area contributed by atoms with Gasteiger partial charge in [-0.1, -0.05) is 12.1 Å². The smallest absolute Gasteiger partial charge is 0.343 e. The van der Waals surface area contributed by atoms with E-state index in [2.05, 4.69) is 9.93 Å². The van der Waals surface area contributed by atoms with E-state index < -0.39 is 10.9 Å². The topological polar surface area (TPSA) is 85.2 Å². The first-order valence-electron chi connectivity index (χ1n) is 4.22. The lowest BCUT2D eigenvalue weighted by atomic mass is 10.2. The van der Waals surface area contributed by atoms with Crippen LogP contribution in [0.4, 0.5) is 10.2 Å². The SMILES string of the molecule is O=C(OF)c1cc2cccc([N+](=O)[O-])c2[nH]1. The van der Waals surface area contributed by atoms with Crippen molar-refractivity contribution in [3.8, 4) is 0 Å². The fraction of sp³-hybridized carbons (Fsp3) is 0. The molecular weight excluding hydrogens is 219 g/mol. The number of rotatable bonds is 2. The molecule has 0 saturated carbocycles. The number of benzene rings is 1. The summed E-state index contributed by atoms with van der Waals surface area (Å²) >= 11 is 0. The zero-order valence-corrected chi connectivity index (χ0v) is 7.77. The monoisotopic (exact) mass is 224 g/mol. The molecule has 0 amide bonds. The van der Waals surface area contributed by atoms with Gasteiger partial charge in [0, 0.05) is 16.0 Å². The van der Waals surface area contributed by atoms with Crippen molar-refractivity contribution in [3.63, 3.8) is 0 Å². The van der Waals surface area contributed by atoms with Crippen molar-refractivity contribution in [2.75, 3.05) is 0 Å². The molecule has 2 rings (SSSR count). The van der Waals surface area contributed by atoms with Gasteiger partial charge in [-0.05, 0) is 6.07 Å². The van der Waals surface area contributed by atoms with E-state index in [1.54, 1.807) is 6.07 Å². The number of halogens is 1. The summed E-state index contributed by atoms with van der Waals surface area (Å²) in [6.45, 7) is 0. The molecule has 0 atom stereocenters. The number of para-hydroxylation sites is 1. The Morgan fingerprint density at radius 2 is 2.25 bits per heavy atom. The lowest BCUT2D eigenvalue weighted by molar-refractivity contribution is -0.383. The highest BCUT2D eigenvalue weighted by Crippen LogP contribution is 2.25. The Hall–Kier alpha value is -2.44. The van der Waals surface area contributed by atoms with E-state index in [1.807, 2.05) is 0 Å². The van der Waals surface area contributed by atoms with Gasteiger partial charge >= 0.3 is 5.97 Å². The number of nitrogens with zero attached hydrogens (tertiary/aromatic N) is 1. The minimum absolute atomic E-state index is 0.160. The molecule has 1 N–H and O–H groups in total. The van der Waals surface area contributed by atoms with E-state index >= 15 is 0 Å². The summed E-state index contributed by atoms with van der Waals surface area (Å²) in [7, 11) is 0. The molecular formula is C9H5FN2O4. The number of fused-ring (bicyclic) bond motifs is 1. The maximum absolute atomic E-state index is 11.7. The van der Waals surface area contributed by atoms with Crippen LogP contribution < -0.4 is 0 Å². The van der Waals surface area contributed by atoms with Gasteiger partial charge in [0.15, 0.2) is 0 Å². The minimum atomic E-state index is -1.22. The lowest BCUT2D eigenvalue weighted by Crippen LogP contribution is -1.98. The highest BCUT2D eigenvalue weighted by Gasteiger charge is 2.17. The summed E-state index contributed by atoms with van der Waals surface area (Å²) in [5.41, 5.74) is -0.199. The molecule has 6 nitrogen and oxygen atoms in total. The molecule has 16 heavy (non-hydrogen) atoms. The normalized spacial score (nSPS) is 10.3. The molecule has 0 aliphatic heterocycles. The predicted octanol–water partition coefficient (Wildman–Crippen LogP) is 2.12. The Bertz CT molecular complexity index is 578. The molecule has 2 aromatic rings. The van der Waals surface area contributed by atoms with Gasteiger partial charge in [0.05, 0.1) is 4.92 Å². The molecule has 1 aromatic heterocycles. The number of H-pyrrole nitrogens is 1. The van der Waals surface area contributed by atoms with Crippen LogP contribution in [0, 0.1) is 10.1 Å². The summed E-state index contributed by atoms with van der Waals surface area (Å²) in [5.74, 6) is -1.22. The third-order valence-electron chi connectivity index (χ3n) is 2.12. The lowest BCUT2D eigenvalue weighted by Gasteiger charge is -1.92. The number of aromatic amines is 1. The van der Waals surface area contributed by atoms with Crippen LogP contribution in [0.5, 0.6) is 0 Å². The second-order valence-electron chi connectivity index (χ2n) is 3.05. The Labute approximate surface area is 87.7 Å². The van der Waals surface area contributed by atoms with Gasteiger partial charge in [0.2, 0.25) is 0 Å². The zero-order chi connectivity index (χ0) is 11.7. The fourth-order valence-corrected chi connectivity index (χ4v) is 1.44. The van der Waals surface area contributed by atoms with Crippen molar-refractivity contribution >= 4 is 22.6 Å². The first-order chi connectivity index (χ1) is 7.63. The first-order valence-corrected chi connectivity index (χ1v) is 4.22. The van der Waals surface area contributed by atoms with Crippen LogP contribution >= 0.6 is 0 Å². The Morgan fingerprint density at radius 1 is 1.50 bits per heavy atom. The molecule has 0 fully saturated rings. The van der Waals surface area contributed by atoms with Crippen molar-refractivity contribution < 1.29 is 19.2 Å². The van der Waals surface area contributed by atoms with Gasteiger partial charge in [0.25, 0.3) is 5.69 Å². The summed E-state index contributed by atoms with van der Waals surface area (Å²) in [6.07, 6.45) is 0. The summed E-state index contributed by atoms with van der Waals surface area (Å²) in [6, 6.07) is 5.60. The van der Waals surface area contributed by atoms with E-state index in [0.29, 0.717) is 5.39 Å². The molecule has 7 heteroatoms. The maximum atomic E-state index is 11.7. The van der Waals surface area contributed by atoms with Crippen molar-refractivity contribution in [2.24, 2.45) is 0 Å². The molecule has 1 heterocycles. The van der Waals surface area contributed by atoms with E-state index in [0.717, 1.165) is 0 Å². The molecule has 0 bridgehead atoms. The number of nitro groups is 1. The number of hydrogen-bond donors (Lipinski definition) is 1. The van der Waals surface area contributed by atoms with Crippen molar-refractivity contribution in [1.82, 2.24) is 4.98 Å². The van der Waals surface area contributed by atoms with E-state index in [-0.39, 0.29) is 16.9 Å². The number of nitrogens with one attached hydrogen (secondary N) is 1. The Balaban J connectivity index is 2.65. The molecule has 1 aromatic carbocycles.